The molecule has 2 aromatic rings. The van der Waals surface area contributed by atoms with Gasteiger partial charge in [0.2, 0.25) is 0 Å². The summed E-state index contributed by atoms with van der Waals surface area (Å²) in [5, 5.41) is 0. The van der Waals surface area contributed by atoms with E-state index in [1.54, 1.807) is 0 Å². The summed E-state index contributed by atoms with van der Waals surface area (Å²) < 4.78 is 0. The summed E-state index contributed by atoms with van der Waals surface area (Å²) in [5.41, 5.74) is 5.73. The summed E-state index contributed by atoms with van der Waals surface area (Å²) in [5.74, 6) is 1.46. The van der Waals surface area contributed by atoms with Gasteiger partial charge in [0, 0.05) is 0 Å². The van der Waals surface area contributed by atoms with Crippen LogP contribution in [0.15, 0.2) is 48.5 Å². The third-order valence-electron chi connectivity index (χ3n) is 4.29. The van der Waals surface area contributed by atoms with E-state index in [-0.39, 0.29) is 0 Å². The lowest BCUT2D eigenvalue weighted by Gasteiger charge is -2.37. The molecular weight excluding hydrogens is 216 g/mol. The molecule has 0 radical (unpaired) electrons. The molecule has 18 heavy (non-hydrogen) atoms. The topological polar surface area (TPSA) is 0 Å². The zero-order valence-electron chi connectivity index (χ0n) is 11.2. The highest BCUT2D eigenvalue weighted by molar-refractivity contribution is 5.34. The Hall–Kier alpha value is -1.56. The van der Waals surface area contributed by atoms with Crippen LogP contribution in [0.25, 0.3) is 0 Å². The Bertz CT molecular complexity index is 467. The van der Waals surface area contributed by atoms with Gasteiger partial charge in [0.15, 0.2) is 0 Å². The molecule has 0 bridgehead atoms. The number of hydrogen-bond donors (Lipinski definition) is 0. The molecule has 1 saturated carbocycles. The van der Waals surface area contributed by atoms with Crippen LogP contribution in [-0.4, -0.2) is 0 Å². The van der Waals surface area contributed by atoms with Gasteiger partial charge >= 0.3 is 0 Å². The summed E-state index contributed by atoms with van der Waals surface area (Å²) in [7, 11) is 0. The molecule has 0 nitrogen and oxygen atoms in total. The standard InChI is InChI=1S/C18H20/c1-13-3-7-15(8-4-13)17-11-12-18(17)16-9-5-14(2)6-10-16/h3-10,17-18H,11-12H2,1-2H3. The van der Waals surface area contributed by atoms with E-state index in [4.69, 9.17) is 0 Å². The molecular formula is C18H20. The van der Waals surface area contributed by atoms with Crippen molar-refractivity contribution >= 4 is 0 Å². The highest BCUT2D eigenvalue weighted by Crippen LogP contribution is 2.48. The van der Waals surface area contributed by atoms with Gasteiger partial charge in [0.25, 0.3) is 0 Å². The van der Waals surface area contributed by atoms with Crippen LogP contribution in [0.4, 0.5) is 0 Å². The average Bonchev–Trinajstić information content (AvgIpc) is 2.33. The molecule has 0 heteroatoms. The van der Waals surface area contributed by atoms with Gasteiger partial charge in [-0.25, -0.2) is 0 Å². The van der Waals surface area contributed by atoms with Crippen molar-refractivity contribution in [3.63, 3.8) is 0 Å². The summed E-state index contributed by atoms with van der Waals surface area (Å²) in [6.07, 6.45) is 2.67. The Balaban J connectivity index is 1.83. The maximum Gasteiger partial charge on any atom is -0.00929 e. The zero-order valence-corrected chi connectivity index (χ0v) is 11.2. The van der Waals surface area contributed by atoms with Gasteiger partial charge in [-0.2, -0.15) is 0 Å². The number of hydrogen-bond acceptors (Lipinski definition) is 0. The van der Waals surface area contributed by atoms with Crippen molar-refractivity contribution in [3.05, 3.63) is 70.8 Å². The van der Waals surface area contributed by atoms with Crippen LogP contribution in [0.1, 0.15) is 46.9 Å². The average molecular weight is 236 g/mol. The minimum atomic E-state index is 0.730. The van der Waals surface area contributed by atoms with E-state index in [0.29, 0.717) is 0 Å². The second kappa shape index (κ2) is 4.61. The highest BCUT2D eigenvalue weighted by atomic mass is 14.4. The van der Waals surface area contributed by atoms with E-state index in [0.717, 1.165) is 11.8 Å². The molecule has 0 aliphatic heterocycles. The first-order valence-electron chi connectivity index (χ1n) is 6.87. The van der Waals surface area contributed by atoms with Crippen molar-refractivity contribution in [1.82, 2.24) is 0 Å². The van der Waals surface area contributed by atoms with Crippen molar-refractivity contribution in [2.75, 3.05) is 0 Å². The minimum absolute atomic E-state index is 0.730. The van der Waals surface area contributed by atoms with E-state index in [2.05, 4.69) is 62.4 Å². The summed E-state index contributed by atoms with van der Waals surface area (Å²) in [6, 6.07) is 18.2. The van der Waals surface area contributed by atoms with E-state index < -0.39 is 0 Å². The van der Waals surface area contributed by atoms with Gasteiger partial charge in [0.1, 0.15) is 0 Å². The fourth-order valence-electron chi connectivity index (χ4n) is 2.93. The molecule has 0 N–H and O–H groups in total. The van der Waals surface area contributed by atoms with Crippen LogP contribution < -0.4 is 0 Å². The Morgan fingerprint density at radius 1 is 0.611 bits per heavy atom. The van der Waals surface area contributed by atoms with Crippen LogP contribution in [0.5, 0.6) is 0 Å². The van der Waals surface area contributed by atoms with Crippen molar-refractivity contribution < 1.29 is 0 Å². The molecule has 92 valence electrons. The van der Waals surface area contributed by atoms with Crippen molar-refractivity contribution in [2.45, 2.75) is 38.5 Å². The van der Waals surface area contributed by atoms with Crippen LogP contribution >= 0.6 is 0 Å². The fraction of sp³-hybridized carbons (Fsp3) is 0.333. The number of benzene rings is 2. The molecule has 0 heterocycles. The first-order valence-corrected chi connectivity index (χ1v) is 6.87. The number of rotatable bonds is 2. The van der Waals surface area contributed by atoms with Gasteiger partial charge < -0.3 is 0 Å². The first kappa shape index (κ1) is 11.5. The van der Waals surface area contributed by atoms with Crippen molar-refractivity contribution in [2.24, 2.45) is 0 Å². The third-order valence-corrected chi connectivity index (χ3v) is 4.29. The molecule has 0 saturated heterocycles. The lowest BCUT2D eigenvalue weighted by atomic mass is 9.67. The smallest absolute Gasteiger partial charge is 0.00929 e. The van der Waals surface area contributed by atoms with Crippen LogP contribution in [0.2, 0.25) is 0 Å². The van der Waals surface area contributed by atoms with E-state index in [1.165, 1.54) is 35.1 Å². The van der Waals surface area contributed by atoms with E-state index in [9.17, 15) is 0 Å². The predicted octanol–water partition coefficient (Wildman–Crippen LogP) is 4.96. The van der Waals surface area contributed by atoms with Crippen LogP contribution in [-0.2, 0) is 0 Å². The third kappa shape index (κ3) is 2.08. The van der Waals surface area contributed by atoms with E-state index in [1.807, 2.05) is 0 Å². The summed E-state index contributed by atoms with van der Waals surface area (Å²) >= 11 is 0. The Kier molecular flexibility index (Phi) is 2.95. The molecule has 2 unspecified atom stereocenters. The zero-order chi connectivity index (χ0) is 12.5. The largest absolute Gasteiger partial charge is 0.0590 e. The lowest BCUT2D eigenvalue weighted by Crippen LogP contribution is -2.21. The maximum atomic E-state index is 2.31. The SMILES string of the molecule is Cc1ccc(C2CCC2c2ccc(C)cc2)cc1. The monoisotopic (exact) mass is 236 g/mol. The molecule has 0 aromatic heterocycles. The maximum absolute atomic E-state index is 2.31. The van der Waals surface area contributed by atoms with Crippen LogP contribution in [0.3, 0.4) is 0 Å². The molecule has 0 amide bonds. The van der Waals surface area contributed by atoms with Gasteiger partial charge in [-0.1, -0.05) is 59.7 Å². The second-order valence-corrected chi connectivity index (χ2v) is 5.61. The molecule has 1 aliphatic rings. The highest BCUT2D eigenvalue weighted by Gasteiger charge is 2.32. The van der Waals surface area contributed by atoms with Crippen LogP contribution in [0, 0.1) is 13.8 Å². The molecule has 2 aromatic carbocycles. The Labute approximate surface area is 110 Å². The molecule has 2 atom stereocenters. The summed E-state index contributed by atoms with van der Waals surface area (Å²) in [4.78, 5) is 0. The Morgan fingerprint density at radius 2 is 0.944 bits per heavy atom. The fourth-order valence-corrected chi connectivity index (χ4v) is 2.93. The molecule has 1 aliphatic carbocycles. The van der Waals surface area contributed by atoms with Gasteiger partial charge in [-0.05, 0) is 49.7 Å². The van der Waals surface area contributed by atoms with E-state index >= 15 is 0 Å². The van der Waals surface area contributed by atoms with Crippen molar-refractivity contribution in [3.8, 4) is 0 Å². The molecule has 0 spiro atoms. The predicted molar refractivity (Wildman–Crippen MR) is 77.1 cm³/mol. The first-order chi connectivity index (χ1) is 8.74. The lowest BCUT2D eigenvalue weighted by molar-refractivity contribution is 0.346. The summed E-state index contributed by atoms with van der Waals surface area (Å²) in [6.45, 7) is 4.31. The quantitative estimate of drug-likeness (QED) is 0.691. The molecule has 1 fully saturated rings. The van der Waals surface area contributed by atoms with Gasteiger partial charge in [-0.3, -0.25) is 0 Å². The van der Waals surface area contributed by atoms with Gasteiger partial charge in [0.05, 0.1) is 0 Å². The molecule has 3 rings (SSSR count). The Morgan fingerprint density at radius 3 is 1.22 bits per heavy atom. The normalized spacial score (nSPS) is 22.6. The van der Waals surface area contributed by atoms with Gasteiger partial charge in [-0.15, -0.1) is 0 Å². The second-order valence-electron chi connectivity index (χ2n) is 5.61. The number of aryl methyl sites for hydroxylation is 2. The van der Waals surface area contributed by atoms with Crippen molar-refractivity contribution in [1.29, 1.82) is 0 Å². The minimum Gasteiger partial charge on any atom is -0.0590 e.